The number of hydrogen-bond donors (Lipinski definition) is 0. The van der Waals surface area contributed by atoms with Gasteiger partial charge in [-0.25, -0.2) is 0 Å². The second-order valence-electron chi connectivity index (χ2n) is 23.8. The first kappa shape index (κ1) is 77.9. The Morgan fingerprint density at radius 3 is 0.765 bits per heavy atom. The highest BCUT2D eigenvalue weighted by molar-refractivity contribution is 5.71. The summed E-state index contributed by atoms with van der Waals surface area (Å²) in [4.78, 5) is 38.4. The second kappa shape index (κ2) is 69.3. The van der Waals surface area contributed by atoms with Gasteiger partial charge in [-0.05, 0) is 89.9 Å². The molecule has 6 nitrogen and oxygen atoms in total. The van der Waals surface area contributed by atoms with Crippen molar-refractivity contribution >= 4 is 17.9 Å². The summed E-state index contributed by atoms with van der Waals surface area (Å²) in [5, 5.41) is 0. The molecule has 6 heteroatoms. The molecular formula is C75H134O6. The van der Waals surface area contributed by atoms with E-state index < -0.39 is 6.10 Å². The summed E-state index contributed by atoms with van der Waals surface area (Å²) < 4.78 is 17.0. The molecule has 0 aromatic carbocycles. The lowest BCUT2D eigenvalue weighted by molar-refractivity contribution is -0.167. The van der Waals surface area contributed by atoms with Gasteiger partial charge < -0.3 is 14.2 Å². The van der Waals surface area contributed by atoms with Gasteiger partial charge in [-0.1, -0.05) is 331 Å². The first-order valence-electron chi connectivity index (χ1n) is 35.4. The van der Waals surface area contributed by atoms with Gasteiger partial charge >= 0.3 is 17.9 Å². The Hall–Kier alpha value is -3.15. The normalized spacial score (nSPS) is 12.5. The summed E-state index contributed by atoms with van der Waals surface area (Å²) in [5.41, 5.74) is 0. The fourth-order valence-corrected chi connectivity index (χ4v) is 10.4. The Morgan fingerprint density at radius 1 is 0.259 bits per heavy atom. The zero-order chi connectivity index (χ0) is 58.5. The Balaban J connectivity index is 4.30. The zero-order valence-corrected chi connectivity index (χ0v) is 54.1. The van der Waals surface area contributed by atoms with Gasteiger partial charge in [0, 0.05) is 19.3 Å². The minimum atomic E-state index is -0.790. The van der Waals surface area contributed by atoms with Crippen molar-refractivity contribution < 1.29 is 28.6 Å². The first-order valence-corrected chi connectivity index (χ1v) is 35.4. The van der Waals surface area contributed by atoms with Crippen molar-refractivity contribution in [3.8, 4) is 0 Å². The van der Waals surface area contributed by atoms with Crippen LogP contribution in [0.2, 0.25) is 0 Å². The van der Waals surface area contributed by atoms with Gasteiger partial charge in [0.05, 0.1) is 0 Å². The van der Waals surface area contributed by atoms with E-state index in [4.69, 9.17) is 14.2 Å². The molecule has 0 radical (unpaired) electrons. The van der Waals surface area contributed by atoms with Crippen molar-refractivity contribution in [1.82, 2.24) is 0 Å². The molecule has 0 heterocycles. The molecule has 81 heavy (non-hydrogen) atoms. The number of rotatable bonds is 65. The molecule has 0 aliphatic rings. The lowest BCUT2D eigenvalue weighted by atomic mass is 10.0. The van der Waals surface area contributed by atoms with Gasteiger partial charge in [0.2, 0.25) is 0 Å². The fourth-order valence-electron chi connectivity index (χ4n) is 10.4. The first-order chi connectivity index (χ1) is 40.0. The molecule has 0 aromatic heterocycles. The molecule has 0 saturated carbocycles. The third kappa shape index (κ3) is 67.5. The Bertz CT molecular complexity index is 1490. The summed E-state index contributed by atoms with van der Waals surface area (Å²) in [5.74, 6) is -0.890. The maximum Gasteiger partial charge on any atom is 0.306 e. The molecule has 0 aromatic rings. The van der Waals surface area contributed by atoms with Crippen molar-refractivity contribution in [2.75, 3.05) is 13.2 Å². The van der Waals surface area contributed by atoms with Crippen molar-refractivity contribution in [3.05, 3.63) is 72.9 Å². The molecule has 0 bridgehead atoms. The smallest absolute Gasteiger partial charge is 0.306 e. The van der Waals surface area contributed by atoms with Crippen LogP contribution in [0.15, 0.2) is 72.9 Å². The van der Waals surface area contributed by atoms with E-state index >= 15 is 0 Å². The van der Waals surface area contributed by atoms with E-state index in [1.807, 2.05) is 0 Å². The monoisotopic (exact) mass is 1130 g/mol. The van der Waals surface area contributed by atoms with Crippen molar-refractivity contribution in [2.45, 2.75) is 374 Å². The molecule has 0 saturated heterocycles. The van der Waals surface area contributed by atoms with Gasteiger partial charge in [-0.2, -0.15) is 0 Å². The van der Waals surface area contributed by atoms with Gasteiger partial charge in [0.15, 0.2) is 6.10 Å². The molecule has 0 N–H and O–H groups in total. The number of ether oxygens (including phenoxy) is 3. The van der Waals surface area contributed by atoms with Crippen LogP contribution < -0.4 is 0 Å². The summed E-state index contributed by atoms with van der Waals surface area (Å²) in [6.07, 6.45) is 90.8. The topological polar surface area (TPSA) is 78.9 Å². The number of carbonyl (C=O) groups excluding carboxylic acids is 3. The maximum absolute atomic E-state index is 12.9. The summed E-state index contributed by atoms with van der Waals surface area (Å²) in [6.45, 7) is 6.56. The van der Waals surface area contributed by atoms with Crippen LogP contribution in [0.25, 0.3) is 0 Å². The highest BCUT2D eigenvalue weighted by Gasteiger charge is 2.19. The van der Waals surface area contributed by atoms with Crippen LogP contribution in [-0.2, 0) is 28.6 Å². The number of esters is 3. The molecule has 0 aliphatic carbocycles. The molecule has 0 fully saturated rings. The number of hydrogen-bond acceptors (Lipinski definition) is 6. The van der Waals surface area contributed by atoms with Crippen LogP contribution in [0.5, 0.6) is 0 Å². The standard InChI is InChI=1S/C75H134O6/c1-4-7-10-13-16-19-22-25-28-30-32-34-35-36-37-38-39-41-42-44-47-50-53-56-59-62-65-68-74(77)80-71-72(70-79-73(76)67-64-61-58-55-52-49-46-27-24-21-18-15-12-9-6-3)81-75(78)69-66-63-60-57-54-51-48-45-43-40-33-31-29-26-23-20-17-14-11-8-5-2/h8,11,17,20,26-27,29,33,40,45-46,48,72H,4-7,9-10,12-16,18-19,21-25,28,30-32,34-39,41-44,47,49-71H2,1-3H3/b11-8-,20-17-,29-26-,40-33-,46-27-,48-45-. The summed E-state index contributed by atoms with van der Waals surface area (Å²) in [6, 6.07) is 0. The molecule has 1 unspecified atom stereocenters. The van der Waals surface area contributed by atoms with Gasteiger partial charge in [0.1, 0.15) is 13.2 Å². The molecule has 1 atom stereocenters. The number of unbranched alkanes of at least 4 members (excludes halogenated alkanes) is 42. The van der Waals surface area contributed by atoms with E-state index in [0.29, 0.717) is 19.3 Å². The highest BCUT2D eigenvalue weighted by atomic mass is 16.6. The molecular weight excluding hydrogens is 997 g/mol. The quantitative estimate of drug-likeness (QED) is 0.0261. The van der Waals surface area contributed by atoms with E-state index in [-0.39, 0.29) is 31.1 Å². The van der Waals surface area contributed by atoms with Gasteiger partial charge in [-0.15, -0.1) is 0 Å². The van der Waals surface area contributed by atoms with E-state index in [2.05, 4.69) is 93.7 Å². The van der Waals surface area contributed by atoms with Gasteiger partial charge in [-0.3, -0.25) is 14.4 Å². The van der Waals surface area contributed by atoms with E-state index in [1.54, 1.807) is 0 Å². The maximum atomic E-state index is 12.9. The molecule has 0 aliphatic heterocycles. The minimum Gasteiger partial charge on any atom is -0.462 e. The lowest BCUT2D eigenvalue weighted by Crippen LogP contribution is -2.30. The molecule has 470 valence electrons. The predicted molar refractivity (Wildman–Crippen MR) is 353 cm³/mol. The van der Waals surface area contributed by atoms with E-state index in [0.717, 1.165) is 116 Å². The van der Waals surface area contributed by atoms with Gasteiger partial charge in [0.25, 0.3) is 0 Å². The van der Waals surface area contributed by atoms with E-state index in [1.165, 1.54) is 212 Å². The Morgan fingerprint density at radius 2 is 0.481 bits per heavy atom. The minimum absolute atomic E-state index is 0.0828. The number of allylic oxidation sites excluding steroid dienone is 12. The highest BCUT2D eigenvalue weighted by Crippen LogP contribution is 2.18. The van der Waals surface area contributed by atoms with Crippen LogP contribution in [0.3, 0.4) is 0 Å². The van der Waals surface area contributed by atoms with Crippen LogP contribution in [0.1, 0.15) is 367 Å². The van der Waals surface area contributed by atoms with E-state index in [9.17, 15) is 14.4 Å². The molecule has 0 amide bonds. The Kier molecular flexibility index (Phi) is 66.6. The van der Waals surface area contributed by atoms with Crippen LogP contribution >= 0.6 is 0 Å². The van der Waals surface area contributed by atoms with Crippen molar-refractivity contribution in [3.63, 3.8) is 0 Å². The predicted octanol–water partition coefficient (Wildman–Crippen LogP) is 24.4. The lowest BCUT2D eigenvalue weighted by Gasteiger charge is -2.18. The largest absolute Gasteiger partial charge is 0.462 e. The van der Waals surface area contributed by atoms with Crippen LogP contribution in [0.4, 0.5) is 0 Å². The fraction of sp³-hybridized carbons (Fsp3) is 0.800. The third-order valence-corrected chi connectivity index (χ3v) is 15.7. The van der Waals surface area contributed by atoms with Crippen LogP contribution in [-0.4, -0.2) is 37.2 Å². The third-order valence-electron chi connectivity index (χ3n) is 15.7. The summed E-state index contributed by atoms with van der Waals surface area (Å²) in [7, 11) is 0. The summed E-state index contributed by atoms with van der Waals surface area (Å²) >= 11 is 0. The Labute approximate surface area is 503 Å². The number of carbonyl (C=O) groups is 3. The van der Waals surface area contributed by atoms with Crippen LogP contribution in [0, 0.1) is 0 Å². The second-order valence-corrected chi connectivity index (χ2v) is 23.8. The molecule has 0 rings (SSSR count). The SMILES string of the molecule is CC/C=C\C/C=C\C/C=C\C/C=C\C/C=C\CCCCCCCC(=O)OC(COC(=O)CCCCCCC/C=C\CCCCCCCC)COC(=O)CCCCCCCCCCCCCCCCCCCCCCCCCCCCC. The van der Waals surface area contributed by atoms with Crippen molar-refractivity contribution in [1.29, 1.82) is 0 Å². The van der Waals surface area contributed by atoms with Crippen molar-refractivity contribution in [2.24, 2.45) is 0 Å². The average Bonchev–Trinajstić information content (AvgIpc) is 3.47. The molecule has 0 spiro atoms. The average molecular weight is 1130 g/mol. The zero-order valence-electron chi connectivity index (χ0n) is 54.1.